The van der Waals surface area contributed by atoms with Crippen molar-refractivity contribution in [3.05, 3.63) is 12.2 Å². The molecule has 0 heterocycles. The number of ether oxygens (including phenoxy) is 2. The van der Waals surface area contributed by atoms with Crippen LogP contribution in [-0.2, 0) is 14.3 Å². The molecule has 0 rings (SSSR count). The third-order valence-electron chi connectivity index (χ3n) is 1.45. The number of halogens is 5. The van der Waals surface area contributed by atoms with Gasteiger partial charge >= 0.3 is 24.0 Å². The Kier molecular flexibility index (Phi) is 4.28. The molecule has 0 fully saturated rings. The van der Waals surface area contributed by atoms with Crippen LogP contribution in [0, 0.1) is 0 Å². The van der Waals surface area contributed by atoms with Gasteiger partial charge in [0, 0.05) is 19.4 Å². The fourth-order valence-electron chi connectivity index (χ4n) is 0.592. The van der Waals surface area contributed by atoms with E-state index in [2.05, 4.69) is 16.1 Å². The normalized spacial score (nSPS) is 16.2. The van der Waals surface area contributed by atoms with E-state index in [9.17, 15) is 26.7 Å². The number of carbonyl (C=O) groups is 1. The van der Waals surface area contributed by atoms with Crippen molar-refractivity contribution in [1.82, 2.24) is 0 Å². The highest BCUT2D eigenvalue weighted by atomic mass is 19.3. The Morgan fingerprint density at radius 1 is 1.12 bits per heavy atom. The lowest BCUT2D eigenvalue weighted by molar-refractivity contribution is -0.439. The quantitative estimate of drug-likeness (QED) is 0.330. The Hall–Kier alpha value is -1.18. The highest BCUT2D eigenvalue weighted by molar-refractivity contribution is 5.87. The van der Waals surface area contributed by atoms with Crippen LogP contribution in [0.4, 0.5) is 22.0 Å². The van der Waals surface area contributed by atoms with Crippen LogP contribution < -0.4 is 0 Å². The van der Waals surface area contributed by atoms with E-state index in [0.29, 0.717) is 0 Å². The maximum absolute atomic E-state index is 13.2. The number of esters is 1. The van der Waals surface area contributed by atoms with Crippen molar-refractivity contribution in [3.8, 4) is 0 Å². The predicted molar refractivity (Wildman–Crippen MR) is 47.1 cm³/mol. The van der Waals surface area contributed by atoms with Gasteiger partial charge in [0.15, 0.2) is 0 Å². The lowest BCUT2D eigenvalue weighted by atomic mass is 10.3. The second-order valence-corrected chi connectivity index (χ2v) is 3.51. The van der Waals surface area contributed by atoms with Crippen LogP contribution >= 0.6 is 0 Å². The molecule has 0 radical (unpaired) electrons. The van der Waals surface area contributed by atoms with Crippen LogP contribution in [0.3, 0.4) is 0 Å². The van der Waals surface area contributed by atoms with E-state index in [1.54, 1.807) is 0 Å². The number of hydrogen-bond acceptors (Lipinski definition) is 3. The van der Waals surface area contributed by atoms with E-state index in [1.165, 1.54) is 0 Å². The number of alkyl halides is 5. The zero-order valence-electron chi connectivity index (χ0n) is 9.32. The van der Waals surface area contributed by atoms with Crippen LogP contribution in [0.15, 0.2) is 12.2 Å². The fraction of sp³-hybridized carbons (Fsp3) is 0.667. The molecule has 0 saturated heterocycles. The van der Waals surface area contributed by atoms with Crippen LogP contribution in [0.5, 0.6) is 0 Å². The molecular weight excluding hydrogens is 251 g/mol. The highest BCUT2D eigenvalue weighted by Crippen LogP contribution is 2.38. The van der Waals surface area contributed by atoms with Gasteiger partial charge in [-0.25, -0.2) is 9.53 Å². The van der Waals surface area contributed by atoms with E-state index in [0.717, 1.165) is 6.92 Å². The fourth-order valence-corrected chi connectivity index (χ4v) is 0.592. The summed E-state index contributed by atoms with van der Waals surface area (Å²) >= 11 is 0. The van der Waals surface area contributed by atoms with E-state index >= 15 is 0 Å². The summed E-state index contributed by atoms with van der Waals surface area (Å²) in [5, 5.41) is 0. The van der Waals surface area contributed by atoms with Gasteiger partial charge in [-0.3, -0.25) is 0 Å². The third-order valence-corrected chi connectivity index (χ3v) is 1.45. The SMILES string of the molecule is C=C(C)C(=O)OC(C)(F)OC(F)(F)C(C)(F)F. The molecule has 0 aromatic rings. The average molecular weight is 262 g/mol. The average Bonchev–Trinajstić information content (AvgIpc) is 1.97. The van der Waals surface area contributed by atoms with E-state index in [-0.39, 0.29) is 19.4 Å². The van der Waals surface area contributed by atoms with Gasteiger partial charge in [0.1, 0.15) is 0 Å². The summed E-state index contributed by atoms with van der Waals surface area (Å²) in [6, 6.07) is -3.70. The zero-order valence-corrected chi connectivity index (χ0v) is 9.32. The van der Waals surface area contributed by atoms with E-state index < -0.39 is 24.0 Å². The van der Waals surface area contributed by atoms with Gasteiger partial charge < -0.3 is 4.74 Å². The smallest absolute Gasteiger partial charge is 0.401 e. The Labute approximate surface area is 94.2 Å². The molecule has 1 unspecified atom stereocenters. The van der Waals surface area contributed by atoms with Gasteiger partial charge in [-0.2, -0.15) is 22.0 Å². The first-order valence-corrected chi connectivity index (χ1v) is 4.32. The lowest BCUT2D eigenvalue weighted by Crippen LogP contribution is -2.47. The van der Waals surface area contributed by atoms with Gasteiger partial charge in [0.05, 0.1) is 0 Å². The first-order valence-electron chi connectivity index (χ1n) is 4.32. The van der Waals surface area contributed by atoms with Crippen LogP contribution in [0.25, 0.3) is 0 Å². The lowest BCUT2D eigenvalue weighted by Gasteiger charge is -2.29. The standard InChI is InChI=1S/C9H11F5O3/c1-5(2)6(15)16-8(4,12)17-9(13,14)7(3,10)11/h1H2,2-4H3. The molecule has 0 aromatic carbocycles. The molecule has 0 N–H and O–H groups in total. The minimum atomic E-state index is -5.12. The minimum absolute atomic E-state index is 0.163. The number of carbonyl (C=O) groups excluding carboxylic acids is 1. The minimum Gasteiger partial charge on any atom is -0.401 e. The maximum Gasteiger partial charge on any atom is 0.424 e. The molecular formula is C9H11F5O3. The summed E-state index contributed by atoms with van der Waals surface area (Å²) in [7, 11) is 0. The summed E-state index contributed by atoms with van der Waals surface area (Å²) in [5.74, 6) is -6.01. The van der Waals surface area contributed by atoms with Crippen LogP contribution in [0.1, 0.15) is 20.8 Å². The van der Waals surface area contributed by atoms with E-state index in [4.69, 9.17) is 0 Å². The summed E-state index contributed by atoms with van der Waals surface area (Å²) in [5.41, 5.74) is -0.302. The molecule has 100 valence electrons. The van der Waals surface area contributed by atoms with Crippen molar-refractivity contribution in [2.75, 3.05) is 0 Å². The third kappa shape index (κ3) is 4.68. The largest absolute Gasteiger partial charge is 0.424 e. The zero-order chi connectivity index (χ0) is 14.1. The van der Waals surface area contributed by atoms with Gasteiger partial charge in [-0.05, 0) is 6.92 Å². The Morgan fingerprint density at radius 3 is 1.82 bits per heavy atom. The van der Waals surface area contributed by atoms with Crippen LogP contribution in [0.2, 0.25) is 0 Å². The molecule has 3 nitrogen and oxygen atoms in total. The van der Waals surface area contributed by atoms with Gasteiger partial charge in [-0.1, -0.05) is 6.58 Å². The molecule has 0 aliphatic rings. The molecule has 0 spiro atoms. The molecule has 0 aliphatic heterocycles. The molecule has 0 bridgehead atoms. The topological polar surface area (TPSA) is 35.5 Å². The first kappa shape index (κ1) is 15.8. The Balaban J connectivity index is 4.77. The predicted octanol–water partition coefficient (Wildman–Crippen LogP) is 3.01. The summed E-state index contributed by atoms with van der Waals surface area (Å²) < 4.78 is 70.1. The summed E-state index contributed by atoms with van der Waals surface area (Å²) in [6.07, 6.45) is -5.12. The van der Waals surface area contributed by atoms with Crippen molar-refractivity contribution in [2.24, 2.45) is 0 Å². The maximum atomic E-state index is 13.2. The van der Waals surface area contributed by atoms with Crippen LogP contribution in [-0.4, -0.2) is 24.0 Å². The molecule has 0 aromatic heterocycles. The molecule has 8 heteroatoms. The second-order valence-electron chi connectivity index (χ2n) is 3.51. The first-order chi connectivity index (χ1) is 7.28. The van der Waals surface area contributed by atoms with E-state index in [1.807, 2.05) is 0 Å². The number of hydrogen-bond donors (Lipinski definition) is 0. The highest BCUT2D eigenvalue weighted by Gasteiger charge is 2.58. The number of rotatable bonds is 5. The summed E-state index contributed by atoms with van der Waals surface area (Å²) in [4.78, 5) is 10.8. The van der Waals surface area contributed by atoms with Crippen molar-refractivity contribution in [2.45, 2.75) is 38.8 Å². The van der Waals surface area contributed by atoms with Gasteiger partial charge in [0.2, 0.25) is 0 Å². The molecule has 0 saturated carbocycles. The van der Waals surface area contributed by atoms with Gasteiger partial charge in [0.25, 0.3) is 0 Å². The molecule has 0 amide bonds. The van der Waals surface area contributed by atoms with Crippen molar-refractivity contribution in [3.63, 3.8) is 0 Å². The Bertz CT molecular complexity index is 319. The molecule has 1 atom stereocenters. The summed E-state index contributed by atoms with van der Waals surface area (Å²) in [6.45, 7) is 4.26. The van der Waals surface area contributed by atoms with Crippen molar-refractivity contribution in [1.29, 1.82) is 0 Å². The monoisotopic (exact) mass is 262 g/mol. The van der Waals surface area contributed by atoms with Gasteiger partial charge in [-0.15, -0.1) is 0 Å². The van der Waals surface area contributed by atoms with Crippen molar-refractivity contribution < 1.29 is 36.2 Å². The second kappa shape index (κ2) is 4.59. The van der Waals surface area contributed by atoms with Crippen molar-refractivity contribution >= 4 is 5.97 Å². The Morgan fingerprint density at radius 2 is 1.53 bits per heavy atom. The molecule has 0 aliphatic carbocycles. The molecule has 17 heavy (non-hydrogen) atoms.